The molecule has 1 aromatic heterocycles. The molecule has 1 N–H and O–H groups in total. The molecule has 1 aliphatic carbocycles. The molecule has 3 heteroatoms. The zero-order chi connectivity index (χ0) is 10.8. The monoisotopic (exact) mass is 224 g/mol. The van der Waals surface area contributed by atoms with Gasteiger partial charge in [-0.25, -0.2) is 0 Å². The fourth-order valence-corrected chi connectivity index (χ4v) is 3.57. The molecule has 0 unspecified atom stereocenters. The van der Waals surface area contributed by atoms with Gasteiger partial charge in [0.15, 0.2) is 0 Å². The maximum Gasteiger partial charge on any atom is 0.0931 e. The number of hydrogen-bond donors (Lipinski definition) is 1. The van der Waals surface area contributed by atoms with Gasteiger partial charge in [0.05, 0.1) is 5.00 Å². The highest BCUT2D eigenvalue weighted by Gasteiger charge is 2.20. The molecule has 0 fully saturated rings. The third-order valence-corrected chi connectivity index (χ3v) is 4.33. The number of aryl methyl sites for hydroxylation is 1. The van der Waals surface area contributed by atoms with E-state index in [-0.39, 0.29) is 0 Å². The van der Waals surface area contributed by atoms with Crippen LogP contribution in [-0.2, 0) is 19.4 Å². The Labute approximate surface area is 96.3 Å². The molecule has 0 aromatic carbocycles. The van der Waals surface area contributed by atoms with Crippen LogP contribution in [0.4, 0.5) is 5.00 Å². The van der Waals surface area contributed by atoms with Crippen LogP contribution in [0.15, 0.2) is 0 Å². The van der Waals surface area contributed by atoms with Crippen molar-refractivity contribution < 1.29 is 0 Å². The second-order valence-electron chi connectivity index (χ2n) is 4.51. The summed E-state index contributed by atoms with van der Waals surface area (Å²) in [6.07, 6.45) is 5.32. The van der Waals surface area contributed by atoms with Gasteiger partial charge in [0.25, 0.3) is 0 Å². The molecule has 15 heavy (non-hydrogen) atoms. The van der Waals surface area contributed by atoms with Crippen molar-refractivity contribution in [1.82, 2.24) is 4.90 Å². The summed E-state index contributed by atoms with van der Waals surface area (Å²) in [5.74, 6) is 0. The minimum atomic E-state index is 1.07. The van der Waals surface area contributed by atoms with Crippen LogP contribution >= 0.6 is 11.3 Å². The minimum absolute atomic E-state index is 1.07. The van der Waals surface area contributed by atoms with Crippen LogP contribution < -0.4 is 5.32 Å². The maximum atomic E-state index is 3.35. The molecule has 0 atom stereocenters. The zero-order valence-corrected chi connectivity index (χ0v) is 10.7. The topological polar surface area (TPSA) is 15.3 Å². The van der Waals surface area contributed by atoms with Gasteiger partial charge in [-0.05, 0) is 45.3 Å². The fraction of sp³-hybridized carbons (Fsp3) is 0.667. The first-order chi connectivity index (χ1) is 7.22. The Kier molecular flexibility index (Phi) is 3.32. The third-order valence-electron chi connectivity index (χ3n) is 2.98. The predicted octanol–water partition coefficient (Wildman–Crippen LogP) is 2.73. The average molecular weight is 224 g/mol. The Morgan fingerprint density at radius 3 is 2.67 bits per heavy atom. The Balaban J connectivity index is 2.35. The third kappa shape index (κ3) is 2.18. The zero-order valence-electron chi connectivity index (χ0n) is 9.89. The lowest BCUT2D eigenvalue weighted by atomic mass is 9.95. The Morgan fingerprint density at radius 1 is 1.27 bits per heavy atom. The van der Waals surface area contributed by atoms with Gasteiger partial charge in [0, 0.05) is 24.0 Å². The van der Waals surface area contributed by atoms with E-state index in [1.165, 1.54) is 30.7 Å². The predicted molar refractivity (Wildman–Crippen MR) is 67.9 cm³/mol. The van der Waals surface area contributed by atoms with E-state index in [1.54, 1.807) is 16.0 Å². The SMILES string of the molecule is CNc1sc2c(c1CN(C)C)CCCC2. The van der Waals surface area contributed by atoms with E-state index in [9.17, 15) is 0 Å². The average Bonchev–Trinajstić information content (AvgIpc) is 2.56. The van der Waals surface area contributed by atoms with Gasteiger partial charge < -0.3 is 10.2 Å². The van der Waals surface area contributed by atoms with E-state index >= 15 is 0 Å². The van der Waals surface area contributed by atoms with Crippen molar-refractivity contribution in [2.24, 2.45) is 0 Å². The van der Waals surface area contributed by atoms with Crippen molar-refractivity contribution in [2.45, 2.75) is 32.2 Å². The molecule has 84 valence electrons. The van der Waals surface area contributed by atoms with E-state index in [0.29, 0.717) is 0 Å². The first-order valence-corrected chi connectivity index (χ1v) is 6.50. The standard InChI is InChI=1S/C12H20N2S/c1-13-12-10(8-14(2)3)9-6-4-5-7-11(9)15-12/h13H,4-8H2,1-3H3. The van der Waals surface area contributed by atoms with Crippen LogP contribution in [0.1, 0.15) is 28.8 Å². The first kappa shape index (κ1) is 11.0. The van der Waals surface area contributed by atoms with Crippen molar-refractivity contribution in [1.29, 1.82) is 0 Å². The van der Waals surface area contributed by atoms with Crippen LogP contribution in [0, 0.1) is 0 Å². The molecule has 0 amide bonds. The van der Waals surface area contributed by atoms with Crippen LogP contribution in [0.3, 0.4) is 0 Å². The summed E-state index contributed by atoms with van der Waals surface area (Å²) in [7, 11) is 6.33. The Morgan fingerprint density at radius 2 is 2.00 bits per heavy atom. The highest BCUT2D eigenvalue weighted by atomic mass is 32.1. The minimum Gasteiger partial charge on any atom is -0.380 e. The van der Waals surface area contributed by atoms with Crippen molar-refractivity contribution in [2.75, 3.05) is 26.5 Å². The van der Waals surface area contributed by atoms with Crippen LogP contribution in [0.5, 0.6) is 0 Å². The van der Waals surface area contributed by atoms with Gasteiger partial charge in [0.2, 0.25) is 0 Å². The summed E-state index contributed by atoms with van der Waals surface area (Å²) in [6, 6.07) is 0. The normalized spacial score (nSPS) is 15.5. The number of fused-ring (bicyclic) bond motifs is 1. The molecular formula is C12H20N2S. The van der Waals surface area contributed by atoms with Gasteiger partial charge in [-0.1, -0.05) is 0 Å². The molecule has 1 aliphatic rings. The van der Waals surface area contributed by atoms with E-state index in [2.05, 4.69) is 24.3 Å². The van der Waals surface area contributed by atoms with Gasteiger partial charge in [-0.2, -0.15) is 0 Å². The summed E-state index contributed by atoms with van der Waals surface area (Å²) in [5.41, 5.74) is 3.19. The summed E-state index contributed by atoms with van der Waals surface area (Å²) >= 11 is 1.97. The second-order valence-corrected chi connectivity index (χ2v) is 5.61. The molecule has 1 aromatic rings. The highest BCUT2D eigenvalue weighted by Crippen LogP contribution is 2.38. The van der Waals surface area contributed by atoms with Gasteiger partial charge in [0.1, 0.15) is 0 Å². The summed E-state index contributed by atoms with van der Waals surface area (Å²) in [6.45, 7) is 1.07. The van der Waals surface area contributed by atoms with Crippen LogP contribution in [0.25, 0.3) is 0 Å². The Hall–Kier alpha value is -0.540. The molecular weight excluding hydrogens is 204 g/mol. The maximum absolute atomic E-state index is 3.35. The number of anilines is 1. The molecule has 0 bridgehead atoms. The van der Waals surface area contributed by atoms with E-state index < -0.39 is 0 Å². The fourth-order valence-electron chi connectivity index (χ4n) is 2.32. The molecule has 0 radical (unpaired) electrons. The van der Waals surface area contributed by atoms with Crippen molar-refractivity contribution in [3.63, 3.8) is 0 Å². The van der Waals surface area contributed by atoms with Crippen molar-refractivity contribution in [3.05, 3.63) is 16.0 Å². The molecule has 0 saturated carbocycles. The molecule has 1 heterocycles. The van der Waals surface area contributed by atoms with Gasteiger partial charge in [-0.15, -0.1) is 11.3 Å². The number of thiophene rings is 1. The highest BCUT2D eigenvalue weighted by molar-refractivity contribution is 7.16. The quantitative estimate of drug-likeness (QED) is 0.849. The molecule has 0 aliphatic heterocycles. The first-order valence-electron chi connectivity index (χ1n) is 5.68. The number of nitrogens with one attached hydrogen (secondary N) is 1. The Bertz CT molecular complexity index is 342. The number of nitrogens with zero attached hydrogens (tertiary/aromatic N) is 1. The lowest BCUT2D eigenvalue weighted by Crippen LogP contribution is -2.13. The lowest BCUT2D eigenvalue weighted by Gasteiger charge is -2.15. The molecule has 2 rings (SSSR count). The molecule has 2 nitrogen and oxygen atoms in total. The summed E-state index contributed by atoms with van der Waals surface area (Å²) < 4.78 is 0. The summed E-state index contributed by atoms with van der Waals surface area (Å²) in [4.78, 5) is 3.89. The number of rotatable bonds is 3. The van der Waals surface area contributed by atoms with Crippen molar-refractivity contribution >= 4 is 16.3 Å². The molecule has 0 saturated heterocycles. The summed E-state index contributed by atoms with van der Waals surface area (Å²) in [5, 5.41) is 4.73. The smallest absolute Gasteiger partial charge is 0.0931 e. The van der Waals surface area contributed by atoms with E-state index in [4.69, 9.17) is 0 Å². The van der Waals surface area contributed by atoms with Crippen LogP contribution in [-0.4, -0.2) is 26.0 Å². The van der Waals surface area contributed by atoms with Gasteiger partial charge >= 0.3 is 0 Å². The van der Waals surface area contributed by atoms with Crippen LogP contribution in [0.2, 0.25) is 0 Å². The lowest BCUT2D eigenvalue weighted by molar-refractivity contribution is 0.401. The molecule has 0 spiro atoms. The van der Waals surface area contributed by atoms with Crippen molar-refractivity contribution in [3.8, 4) is 0 Å². The largest absolute Gasteiger partial charge is 0.380 e. The number of hydrogen-bond acceptors (Lipinski definition) is 3. The van der Waals surface area contributed by atoms with E-state index in [1.807, 2.05) is 18.4 Å². The van der Waals surface area contributed by atoms with Gasteiger partial charge in [-0.3, -0.25) is 0 Å². The van der Waals surface area contributed by atoms with E-state index in [0.717, 1.165) is 6.54 Å². The second kappa shape index (κ2) is 4.54.